The maximum atomic E-state index is 13.7. The highest BCUT2D eigenvalue weighted by molar-refractivity contribution is 9.10. The van der Waals surface area contributed by atoms with Crippen LogP contribution in [0, 0.1) is 11.6 Å². The Kier molecular flexibility index (Phi) is 3.15. The Morgan fingerprint density at radius 1 is 1.35 bits per heavy atom. The molecule has 0 aliphatic heterocycles. The normalized spacial score (nSPS) is 10.8. The molecule has 0 saturated carbocycles. The van der Waals surface area contributed by atoms with Gasteiger partial charge >= 0.3 is 0 Å². The molecule has 0 atom stereocenters. The minimum Gasteiger partial charge on any atom is -0.367 e. The fourth-order valence-corrected chi connectivity index (χ4v) is 2.03. The number of nitrogens with two attached hydrogens (primary N) is 1. The van der Waals surface area contributed by atoms with Gasteiger partial charge in [0, 0.05) is 10.0 Å². The number of anilines is 1. The largest absolute Gasteiger partial charge is 0.367 e. The number of hydrogen-bond donors (Lipinski definition) is 1. The fourth-order valence-electron chi connectivity index (χ4n) is 1.63. The average Bonchev–Trinajstić information content (AvgIpc) is 2.58. The van der Waals surface area contributed by atoms with Crippen molar-refractivity contribution in [1.82, 2.24) is 5.16 Å². The number of rotatable bonds is 2. The zero-order valence-corrected chi connectivity index (χ0v) is 10.5. The smallest absolute Gasteiger partial charge is 0.225 e. The van der Waals surface area contributed by atoms with Crippen LogP contribution in [0.5, 0.6) is 0 Å². The minimum absolute atomic E-state index is 0.0872. The van der Waals surface area contributed by atoms with Crippen molar-refractivity contribution in [3.63, 3.8) is 0 Å². The van der Waals surface area contributed by atoms with E-state index in [4.69, 9.17) is 10.3 Å². The van der Waals surface area contributed by atoms with Gasteiger partial charge in [0.1, 0.15) is 17.3 Å². The Morgan fingerprint density at radius 2 is 1.94 bits per heavy atom. The van der Waals surface area contributed by atoms with E-state index in [0.29, 0.717) is 16.5 Å². The van der Waals surface area contributed by atoms with Crippen molar-refractivity contribution < 1.29 is 13.3 Å². The van der Waals surface area contributed by atoms with E-state index in [1.807, 2.05) is 0 Å². The van der Waals surface area contributed by atoms with E-state index in [2.05, 4.69) is 21.1 Å². The number of nitrogen functional groups attached to an aromatic ring is 1. The SMILES string of the molecule is CCc1c(-c2c(F)cc(Br)cc2F)noc1N. The summed E-state index contributed by atoms with van der Waals surface area (Å²) in [5.41, 5.74) is 5.94. The topological polar surface area (TPSA) is 52.0 Å². The summed E-state index contributed by atoms with van der Waals surface area (Å²) >= 11 is 3.01. The van der Waals surface area contributed by atoms with Gasteiger partial charge in [0.2, 0.25) is 5.88 Å². The Morgan fingerprint density at radius 3 is 2.47 bits per heavy atom. The van der Waals surface area contributed by atoms with Crippen LogP contribution >= 0.6 is 15.9 Å². The average molecular weight is 303 g/mol. The van der Waals surface area contributed by atoms with Gasteiger partial charge in [-0.1, -0.05) is 28.0 Å². The van der Waals surface area contributed by atoms with Gasteiger partial charge in [0.15, 0.2) is 0 Å². The van der Waals surface area contributed by atoms with Gasteiger partial charge in [-0.05, 0) is 18.6 Å². The molecule has 0 bridgehead atoms. The summed E-state index contributed by atoms with van der Waals surface area (Å²) in [4.78, 5) is 0. The summed E-state index contributed by atoms with van der Waals surface area (Å²) in [7, 11) is 0. The first-order valence-corrected chi connectivity index (χ1v) is 5.72. The standard InChI is InChI=1S/C11H9BrF2N2O/c1-2-6-10(16-17-11(6)15)9-7(13)3-5(12)4-8(9)14/h3-4H,2,15H2,1H3. The molecule has 0 aliphatic carbocycles. The molecule has 0 amide bonds. The summed E-state index contributed by atoms with van der Waals surface area (Å²) < 4.78 is 32.5. The molecule has 17 heavy (non-hydrogen) atoms. The molecular weight excluding hydrogens is 294 g/mol. The van der Waals surface area contributed by atoms with Crippen molar-refractivity contribution in [3.8, 4) is 11.3 Å². The molecule has 90 valence electrons. The lowest BCUT2D eigenvalue weighted by molar-refractivity contribution is 0.437. The van der Waals surface area contributed by atoms with Gasteiger partial charge in [-0.15, -0.1) is 0 Å². The second-order valence-corrected chi connectivity index (χ2v) is 4.39. The van der Waals surface area contributed by atoms with E-state index in [1.54, 1.807) is 6.92 Å². The first-order valence-electron chi connectivity index (χ1n) is 4.93. The molecule has 1 aromatic heterocycles. The number of halogens is 3. The monoisotopic (exact) mass is 302 g/mol. The van der Waals surface area contributed by atoms with E-state index in [9.17, 15) is 8.78 Å². The van der Waals surface area contributed by atoms with Gasteiger partial charge in [-0.2, -0.15) is 0 Å². The molecule has 0 unspecified atom stereocenters. The van der Waals surface area contributed by atoms with Crippen LogP contribution in [0.4, 0.5) is 14.7 Å². The van der Waals surface area contributed by atoms with Gasteiger partial charge in [-0.3, -0.25) is 0 Å². The second-order valence-electron chi connectivity index (χ2n) is 3.47. The molecule has 0 aliphatic rings. The third-order valence-electron chi connectivity index (χ3n) is 2.42. The molecule has 0 spiro atoms. The molecule has 0 saturated heterocycles. The van der Waals surface area contributed by atoms with Gasteiger partial charge in [0.05, 0.1) is 5.56 Å². The Labute approximate surface area is 105 Å². The lowest BCUT2D eigenvalue weighted by Gasteiger charge is -2.04. The lowest BCUT2D eigenvalue weighted by Crippen LogP contribution is -1.95. The fraction of sp³-hybridized carbons (Fsp3) is 0.182. The summed E-state index contributed by atoms with van der Waals surface area (Å²) in [5.74, 6) is -1.33. The zero-order chi connectivity index (χ0) is 12.6. The van der Waals surface area contributed by atoms with Crippen LogP contribution in [0.3, 0.4) is 0 Å². The summed E-state index contributed by atoms with van der Waals surface area (Å²) in [5, 5.41) is 3.61. The lowest BCUT2D eigenvalue weighted by atomic mass is 10.0. The van der Waals surface area contributed by atoms with Crippen LogP contribution in [0.15, 0.2) is 21.1 Å². The molecule has 0 fully saturated rings. The van der Waals surface area contributed by atoms with E-state index in [1.165, 1.54) is 12.1 Å². The third-order valence-corrected chi connectivity index (χ3v) is 2.87. The van der Waals surface area contributed by atoms with Crippen molar-refractivity contribution >= 4 is 21.8 Å². The third kappa shape index (κ3) is 2.04. The highest BCUT2D eigenvalue weighted by Crippen LogP contribution is 2.33. The van der Waals surface area contributed by atoms with Crippen LogP contribution in [0.1, 0.15) is 12.5 Å². The Bertz CT molecular complexity index is 546. The molecule has 1 aromatic carbocycles. The summed E-state index contributed by atoms with van der Waals surface area (Å²) in [6, 6.07) is 2.34. The van der Waals surface area contributed by atoms with Crippen LogP contribution < -0.4 is 5.73 Å². The number of aromatic nitrogens is 1. The second kappa shape index (κ2) is 4.44. The molecule has 2 aromatic rings. The molecule has 1 heterocycles. The first-order chi connectivity index (χ1) is 8.04. The molecule has 3 nitrogen and oxygen atoms in total. The van der Waals surface area contributed by atoms with Gasteiger partial charge in [0.25, 0.3) is 0 Å². The number of benzene rings is 1. The predicted molar refractivity (Wildman–Crippen MR) is 63.3 cm³/mol. The Balaban J connectivity index is 2.68. The van der Waals surface area contributed by atoms with E-state index in [-0.39, 0.29) is 17.1 Å². The molecule has 0 radical (unpaired) electrons. The van der Waals surface area contributed by atoms with Crippen LogP contribution in [0.25, 0.3) is 11.3 Å². The van der Waals surface area contributed by atoms with E-state index >= 15 is 0 Å². The molecular formula is C11H9BrF2N2O. The maximum absolute atomic E-state index is 13.7. The predicted octanol–water partition coefficient (Wildman–Crippen LogP) is 3.53. The quantitative estimate of drug-likeness (QED) is 0.923. The highest BCUT2D eigenvalue weighted by Gasteiger charge is 2.21. The van der Waals surface area contributed by atoms with Gasteiger partial charge < -0.3 is 10.3 Å². The minimum atomic E-state index is -0.708. The van der Waals surface area contributed by atoms with Crippen LogP contribution in [0.2, 0.25) is 0 Å². The van der Waals surface area contributed by atoms with Crippen molar-refractivity contribution in [2.45, 2.75) is 13.3 Å². The van der Waals surface area contributed by atoms with Gasteiger partial charge in [-0.25, -0.2) is 8.78 Å². The number of hydrogen-bond acceptors (Lipinski definition) is 3. The molecule has 2 rings (SSSR count). The number of nitrogens with zero attached hydrogens (tertiary/aromatic N) is 1. The van der Waals surface area contributed by atoms with Crippen LogP contribution in [-0.4, -0.2) is 5.16 Å². The summed E-state index contributed by atoms with van der Waals surface area (Å²) in [6.07, 6.45) is 0.486. The molecule has 6 heteroatoms. The summed E-state index contributed by atoms with van der Waals surface area (Å²) in [6.45, 7) is 1.81. The zero-order valence-electron chi connectivity index (χ0n) is 8.93. The first kappa shape index (κ1) is 12.0. The Hall–Kier alpha value is -1.43. The van der Waals surface area contributed by atoms with Crippen LogP contribution in [-0.2, 0) is 6.42 Å². The highest BCUT2D eigenvalue weighted by atomic mass is 79.9. The van der Waals surface area contributed by atoms with Crippen molar-refractivity contribution in [2.75, 3.05) is 5.73 Å². The van der Waals surface area contributed by atoms with Crippen molar-refractivity contribution in [1.29, 1.82) is 0 Å². The van der Waals surface area contributed by atoms with E-state index < -0.39 is 11.6 Å². The van der Waals surface area contributed by atoms with Crippen molar-refractivity contribution in [2.24, 2.45) is 0 Å². The van der Waals surface area contributed by atoms with Crippen molar-refractivity contribution in [3.05, 3.63) is 33.8 Å². The molecule has 2 N–H and O–H groups in total. The maximum Gasteiger partial charge on any atom is 0.225 e. The van der Waals surface area contributed by atoms with E-state index in [0.717, 1.165) is 0 Å².